The second-order valence-corrected chi connectivity index (χ2v) is 5.99. The van der Waals surface area contributed by atoms with Crippen molar-refractivity contribution in [2.75, 3.05) is 18.6 Å². The SMILES string of the molecule is CCCNC(CCCSC)C(C)(C)C. The predicted octanol–water partition coefficient (Wildman–Crippen LogP) is 3.54. The van der Waals surface area contributed by atoms with Crippen molar-refractivity contribution in [1.29, 1.82) is 0 Å². The molecule has 0 aromatic carbocycles. The summed E-state index contributed by atoms with van der Waals surface area (Å²) in [4.78, 5) is 0. The molecule has 0 aliphatic heterocycles. The van der Waals surface area contributed by atoms with Gasteiger partial charge >= 0.3 is 0 Å². The van der Waals surface area contributed by atoms with Crippen molar-refractivity contribution < 1.29 is 0 Å². The van der Waals surface area contributed by atoms with Crippen LogP contribution in [0.15, 0.2) is 0 Å². The molecule has 0 aliphatic carbocycles. The Balaban J connectivity index is 3.85. The van der Waals surface area contributed by atoms with Crippen molar-refractivity contribution in [2.24, 2.45) is 5.41 Å². The van der Waals surface area contributed by atoms with E-state index in [0.29, 0.717) is 11.5 Å². The van der Waals surface area contributed by atoms with Gasteiger partial charge in [0.05, 0.1) is 0 Å². The molecule has 0 rings (SSSR count). The lowest BCUT2D eigenvalue weighted by atomic mass is 9.84. The number of hydrogen-bond acceptors (Lipinski definition) is 2. The molecular weight excluding hydrogens is 190 g/mol. The van der Waals surface area contributed by atoms with Gasteiger partial charge in [0.25, 0.3) is 0 Å². The molecule has 0 amide bonds. The molecule has 0 aliphatic rings. The van der Waals surface area contributed by atoms with Crippen LogP contribution in [0.3, 0.4) is 0 Å². The maximum absolute atomic E-state index is 3.66. The highest BCUT2D eigenvalue weighted by Crippen LogP contribution is 2.23. The Morgan fingerprint density at radius 2 is 1.93 bits per heavy atom. The minimum absolute atomic E-state index is 0.396. The van der Waals surface area contributed by atoms with Crippen LogP contribution in [0.4, 0.5) is 0 Å². The van der Waals surface area contributed by atoms with E-state index in [4.69, 9.17) is 0 Å². The first kappa shape index (κ1) is 14.3. The molecule has 0 spiro atoms. The first-order valence-corrected chi connectivity index (χ1v) is 7.14. The van der Waals surface area contributed by atoms with Crippen LogP contribution in [0.1, 0.15) is 47.0 Å². The van der Waals surface area contributed by atoms with E-state index in [0.717, 1.165) is 6.54 Å². The lowest BCUT2D eigenvalue weighted by Gasteiger charge is -2.31. The maximum atomic E-state index is 3.66. The normalized spacial score (nSPS) is 14.4. The Morgan fingerprint density at radius 3 is 2.36 bits per heavy atom. The van der Waals surface area contributed by atoms with Crippen LogP contribution in [0, 0.1) is 5.41 Å². The van der Waals surface area contributed by atoms with Gasteiger partial charge in [0.2, 0.25) is 0 Å². The summed E-state index contributed by atoms with van der Waals surface area (Å²) in [5, 5.41) is 3.66. The maximum Gasteiger partial charge on any atom is 0.0116 e. The molecule has 0 aromatic heterocycles. The van der Waals surface area contributed by atoms with Crippen molar-refractivity contribution in [1.82, 2.24) is 5.32 Å². The Hall–Kier alpha value is 0.310. The summed E-state index contributed by atoms with van der Waals surface area (Å²) < 4.78 is 0. The van der Waals surface area contributed by atoms with Gasteiger partial charge in [-0.1, -0.05) is 27.7 Å². The third kappa shape index (κ3) is 6.72. The van der Waals surface area contributed by atoms with Crippen LogP contribution in [0.5, 0.6) is 0 Å². The van der Waals surface area contributed by atoms with Crippen LogP contribution in [-0.2, 0) is 0 Å². The van der Waals surface area contributed by atoms with Crippen molar-refractivity contribution in [2.45, 2.75) is 53.0 Å². The molecule has 0 heterocycles. The quantitative estimate of drug-likeness (QED) is 0.655. The molecule has 1 atom stereocenters. The Bertz CT molecular complexity index is 129. The molecule has 0 aromatic rings. The van der Waals surface area contributed by atoms with E-state index >= 15 is 0 Å². The van der Waals surface area contributed by atoms with E-state index in [1.54, 1.807) is 0 Å². The summed E-state index contributed by atoms with van der Waals surface area (Å²) in [7, 11) is 0. The molecule has 0 radical (unpaired) electrons. The number of nitrogens with one attached hydrogen (secondary N) is 1. The first-order chi connectivity index (χ1) is 6.52. The fourth-order valence-corrected chi connectivity index (χ4v) is 2.05. The zero-order valence-corrected chi connectivity index (χ0v) is 11.3. The van der Waals surface area contributed by atoms with Gasteiger partial charge < -0.3 is 5.32 Å². The molecule has 0 fully saturated rings. The fourth-order valence-electron chi connectivity index (χ4n) is 1.59. The molecule has 1 N–H and O–H groups in total. The molecule has 14 heavy (non-hydrogen) atoms. The monoisotopic (exact) mass is 217 g/mol. The van der Waals surface area contributed by atoms with Crippen molar-refractivity contribution in [3.8, 4) is 0 Å². The third-order valence-corrected chi connectivity index (χ3v) is 3.22. The van der Waals surface area contributed by atoms with E-state index in [-0.39, 0.29) is 0 Å². The minimum atomic E-state index is 0.396. The number of rotatable bonds is 7. The fraction of sp³-hybridized carbons (Fsp3) is 1.00. The topological polar surface area (TPSA) is 12.0 Å². The highest BCUT2D eigenvalue weighted by atomic mass is 32.2. The van der Waals surface area contributed by atoms with Gasteiger partial charge in [-0.2, -0.15) is 11.8 Å². The van der Waals surface area contributed by atoms with Gasteiger partial charge in [0, 0.05) is 6.04 Å². The van der Waals surface area contributed by atoms with Crippen LogP contribution >= 0.6 is 11.8 Å². The average Bonchev–Trinajstić information content (AvgIpc) is 2.09. The van der Waals surface area contributed by atoms with E-state index in [1.165, 1.54) is 25.0 Å². The van der Waals surface area contributed by atoms with Gasteiger partial charge in [-0.05, 0) is 43.2 Å². The summed E-state index contributed by atoms with van der Waals surface area (Å²) in [6.45, 7) is 10.4. The molecule has 1 unspecified atom stereocenters. The van der Waals surface area contributed by atoms with Crippen molar-refractivity contribution >= 4 is 11.8 Å². The summed E-state index contributed by atoms with van der Waals surface area (Å²) >= 11 is 1.95. The zero-order valence-electron chi connectivity index (χ0n) is 10.5. The van der Waals surface area contributed by atoms with Crippen LogP contribution in [0.2, 0.25) is 0 Å². The van der Waals surface area contributed by atoms with Gasteiger partial charge in [-0.25, -0.2) is 0 Å². The van der Waals surface area contributed by atoms with Crippen LogP contribution < -0.4 is 5.32 Å². The largest absolute Gasteiger partial charge is 0.313 e. The molecular formula is C12H27NS. The van der Waals surface area contributed by atoms with Crippen molar-refractivity contribution in [3.05, 3.63) is 0 Å². The average molecular weight is 217 g/mol. The highest BCUT2D eigenvalue weighted by Gasteiger charge is 2.22. The third-order valence-electron chi connectivity index (χ3n) is 2.53. The Morgan fingerprint density at radius 1 is 1.29 bits per heavy atom. The minimum Gasteiger partial charge on any atom is -0.313 e. The molecule has 1 nitrogen and oxygen atoms in total. The van der Waals surface area contributed by atoms with Gasteiger partial charge in [0.1, 0.15) is 0 Å². The smallest absolute Gasteiger partial charge is 0.0116 e. The first-order valence-electron chi connectivity index (χ1n) is 5.74. The summed E-state index contributed by atoms with van der Waals surface area (Å²) in [6.07, 6.45) is 6.06. The number of thioether (sulfide) groups is 1. The molecule has 86 valence electrons. The molecule has 0 saturated carbocycles. The predicted molar refractivity (Wildman–Crippen MR) is 69.2 cm³/mol. The summed E-state index contributed by atoms with van der Waals surface area (Å²) in [5.41, 5.74) is 0.396. The molecule has 2 heteroatoms. The highest BCUT2D eigenvalue weighted by molar-refractivity contribution is 7.98. The zero-order chi connectivity index (χ0) is 11.0. The van der Waals surface area contributed by atoms with E-state index < -0.39 is 0 Å². The van der Waals surface area contributed by atoms with Gasteiger partial charge in [0.15, 0.2) is 0 Å². The van der Waals surface area contributed by atoms with Gasteiger partial charge in [-0.3, -0.25) is 0 Å². The van der Waals surface area contributed by atoms with E-state index in [2.05, 4.69) is 39.3 Å². The van der Waals surface area contributed by atoms with E-state index in [1.807, 2.05) is 11.8 Å². The summed E-state index contributed by atoms with van der Waals surface area (Å²) in [5.74, 6) is 1.29. The molecule has 0 bridgehead atoms. The molecule has 0 saturated heterocycles. The number of hydrogen-bond donors (Lipinski definition) is 1. The second kappa shape index (κ2) is 7.58. The Labute approximate surface area is 94.4 Å². The van der Waals surface area contributed by atoms with E-state index in [9.17, 15) is 0 Å². The lowest BCUT2D eigenvalue weighted by Crippen LogP contribution is -2.40. The Kier molecular flexibility index (Phi) is 7.75. The van der Waals surface area contributed by atoms with Gasteiger partial charge in [-0.15, -0.1) is 0 Å². The van der Waals surface area contributed by atoms with Crippen LogP contribution in [0.25, 0.3) is 0 Å². The standard InChI is InChI=1S/C12H27NS/c1-6-9-13-11(12(2,3)4)8-7-10-14-5/h11,13H,6-10H2,1-5H3. The van der Waals surface area contributed by atoms with Crippen LogP contribution in [-0.4, -0.2) is 24.6 Å². The lowest BCUT2D eigenvalue weighted by molar-refractivity contribution is 0.254. The summed E-state index contributed by atoms with van der Waals surface area (Å²) in [6, 6.07) is 0.676. The van der Waals surface area contributed by atoms with Crippen molar-refractivity contribution in [3.63, 3.8) is 0 Å². The second-order valence-electron chi connectivity index (χ2n) is 5.01.